The molecule has 0 aliphatic carbocycles. The van der Waals surface area contributed by atoms with Crippen LogP contribution in [0.5, 0.6) is 0 Å². The zero-order valence-electron chi connectivity index (χ0n) is 10.5. The number of carbonyl (C=O) groups excluding carboxylic acids is 1. The number of carboxylic acid groups (broad SMARTS) is 1. The molecular weight excluding hydrogens is 267 g/mol. The van der Waals surface area contributed by atoms with Gasteiger partial charge >= 0.3 is 12.1 Å². The van der Waals surface area contributed by atoms with Crippen molar-refractivity contribution < 1.29 is 27.9 Å². The molecule has 19 heavy (non-hydrogen) atoms. The second kappa shape index (κ2) is 10.2. The van der Waals surface area contributed by atoms with E-state index in [-0.39, 0.29) is 5.91 Å². The number of amides is 1. The fraction of sp³-hybridized carbons (Fsp3) is 0.700. The second-order valence-corrected chi connectivity index (χ2v) is 3.50. The summed E-state index contributed by atoms with van der Waals surface area (Å²) in [4.78, 5) is 23.3. The summed E-state index contributed by atoms with van der Waals surface area (Å²) in [5.74, 6) is -2.56. The van der Waals surface area contributed by atoms with Crippen LogP contribution in [0, 0.1) is 0 Å². The van der Waals surface area contributed by atoms with E-state index in [0.717, 1.165) is 19.4 Å². The second-order valence-electron chi connectivity index (χ2n) is 3.50. The number of amidine groups is 1. The first-order valence-electron chi connectivity index (χ1n) is 5.48. The predicted molar refractivity (Wildman–Crippen MR) is 63.5 cm³/mol. The van der Waals surface area contributed by atoms with Crippen molar-refractivity contribution in [3.05, 3.63) is 0 Å². The molecule has 0 bridgehead atoms. The van der Waals surface area contributed by atoms with Gasteiger partial charge in [0.25, 0.3) is 0 Å². The molecule has 1 amide bonds. The van der Waals surface area contributed by atoms with Gasteiger partial charge in [-0.2, -0.15) is 13.2 Å². The topological polar surface area (TPSA) is 119 Å². The molecule has 0 fully saturated rings. The van der Waals surface area contributed by atoms with Crippen LogP contribution in [-0.2, 0) is 9.59 Å². The van der Waals surface area contributed by atoms with Crippen molar-refractivity contribution in [3.63, 3.8) is 0 Å². The van der Waals surface area contributed by atoms with Gasteiger partial charge < -0.3 is 16.6 Å². The van der Waals surface area contributed by atoms with Gasteiger partial charge in [-0.1, -0.05) is 13.3 Å². The van der Waals surface area contributed by atoms with Crippen LogP contribution in [0.4, 0.5) is 13.2 Å². The normalized spacial score (nSPS) is 11.5. The van der Waals surface area contributed by atoms with Crippen LogP contribution >= 0.6 is 0 Å². The Hall–Kier alpha value is -1.80. The highest BCUT2D eigenvalue weighted by molar-refractivity contribution is 5.85. The Morgan fingerprint density at radius 1 is 1.21 bits per heavy atom. The molecule has 0 aliphatic rings. The SMILES string of the molecule is CCCCN=C(N)CCC(N)=O.O=C(O)C(F)(F)F. The van der Waals surface area contributed by atoms with Crippen LogP contribution in [0.25, 0.3) is 0 Å². The van der Waals surface area contributed by atoms with E-state index in [1.165, 1.54) is 0 Å². The third kappa shape index (κ3) is 16.2. The van der Waals surface area contributed by atoms with Crippen LogP contribution in [0.2, 0.25) is 0 Å². The minimum atomic E-state index is -5.08. The number of aliphatic carboxylic acids is 1. The number of carboxylic acids is 1. The van der Waals surface area contributed by atoms with E-state index in [1.54, 1.807) is 0 Å². The average Bonchev–Trinajstić information content (AvgIpc) is 2.26. The van der Waals surface area contributed by atoms with Gasteiger partial charge in [0, 0.05) is 19.4 Å². The molecule has 0 spiro atoms. The minimum Gasteiger partial charge on any atom is -0.475 e. The summed E-state index contributed by atoms with van der Waals surface area (Å²) in [6.07, 6.45) is -2.16. The number of primary amides is 1. The van der Waals surface area contributed by atoms with Gasteiger partial charge in [0.15, 0.2) is 0 Å². The zero-order valence-corrected chi connectivity index (χ0v) is 10.5. The lowest BCUT2D eigenvalue weighted by Crippen LogP contribution is -2.21. The summed E-state index contributed by atoms with van der Waals surface area (Å²) in [5, 5.41) is 7.12. The largest absolute Gasteiger partial charge is 0.490 e. The standard InChI is InChI=1S/C8H17N3O.C2HF3O2/c1-2-3-6-11-7(9)4-5-8(10)12;3-2(4,5)1(6)7/h2-6H2,1H3,(H2,9,11)(H2,10,12);(H,6,7). The summed E-state index contributed by atoms with van der Waals surface area (Å²) < 4.78 is 31.7. The van der Waals surface area contributed by atoms with Crippen molar-refractivity contribution in [1.29, 1.82) is 0 Å². The van der Waals surface area contributed by atoms with E-state index in [4.69, 9.17) is 21.4 Å². The van der Waals surface area contributed by atoms with E-state index >= 15 is 0 Å². The van der Waals surface area contributed by atoms with Crippen LogP contribution in [-0.4, -0.2) is 35.5 Å². The number of nitrogens with two attached hydrogens (primary N) is 2. The monoisotopic (exact) mass is 285 g/mol. The van der Waals surface area contributed by atoms with Crippen molar-refractivity contribution in [2.45, 2.75) is 38.8 Å². The summed E-state index contributed by atoms with van der Waals surface area (Å²) in [6.45, 7) is 2.84. The maximum atomic E-state index is 10.6. The highest BCUT2D eigenvalue weighted by Gasteiger charge is 2.38. The summed E-state index contributed by atoms with van der Waals surface area (Å²) in [6, 6.07) is 0. The molecule has 0 rings (SSSR count). The molecule has 6 nitrogen and oxygen atoms in total. The first kappa shape index (κ1) is 19.5. The van der Waals surface area contributed by atoms with Gasteiger partial charge in [-0.3, -0.25) is 9.79 Å². The molecule has 0 aromatic rings. The molecule has 112 valence electrons. The molecule has 0 radical (unpaired) electrons. The molecule has 0 aromatic carbocycles. The first-order chi connectivity index (χ1) is 8.61. The van der Waals surface area contributed by atoms with Gasteiger partial charge in [-0.05, 0) is 6.42 Å². The van der Waals surface area contributed by atoms with Crippen LogP contribution in [0.3, 0.4) is 0 Å². The van der Waals surface area contributed by atoms with Crippen molar-refractivity contribution in [3.8, 4) is 0 Å². The molecule has 0 aliphatic heterocycles. The highest BCUT2D eigenvalue weighted by Crippen LogP contribution is 2.13. The molecule has 0 saturated carbocycles. The van der Waals surface area contributed by atoms with Gasteiger partial charge in [-0.15, -0.1) is 0 Å². The van der Waals surface area contributed by atoms with Crippen molar-refractivity contribution in [2.75, 3.05) is 6.54 Å². The molecule has 9 heteroatoms. The summed E-state index contributed by atoms with van der Waals surface area (Å²) >= 11 is 0. The average molecular weight is 285 g/mol. The van der Waals surface area contributed by atoms with E-state index in [9.17, 15) is 18.0 Å². The zero-order chi connectivity index (χ0) is 15.5. The Labute approximate surface area is 108 Å². The fourth-order valence-corrected chi connectivity index (χ4v) is 0.711. The van der Waals surface area contributed by atoms with E-state index in [1.807, 2.05) is 0 Å². The molecule has 0 heterocycles. The van der Waals surface area contributed by atoms with E-state index in [2.05, 4.69) is 11.9 Å². The quantitative estimate of drug-likeness (QED) is 0.384. The van der Waals surface area contributed by atoms with Gasteiger partial charge in [0.05, 0.1) is 5.84 Å². The van der Waals surface area contributed by atoms with E-state index in [0.29, 0.717) is 18.7 Å². The molecule has 0 saturated heterocycles. The number of rotatable bonds is 6. The molecule has 0 unspecified atom stereocenters. The third-order valence-electron chi connectivity index (χ3n) is 1.70. The number of unbranched alkanes of at least 4 members (excludes halogenated alkanes) is 1. The molecule has 5 N–H and O–H groups in total. The number of hydrogen-bond acceptors (Lipinski definition) is 3. The number of alkyl halides is 3. The lowest BCUT2D eigenvalue weighted by molar-refractivity contribution is -0.192. The number of hydrogen-bond donors (Lipinski definition) is 3. The number of nitrogens with zero attached hydrogens (tertiary/aromatic N) is 1. The lowest BCUT2D eigenvalue weighted by atomic mass is 10.3. The van der Waals surface area contributed by atoms with Gasteiger partial charge in [-0.25, -0.2) is 4.79 Å². The summed E-state index contributed by atoms with van der Waals surface area (Å²) in [7, 11) is 0. The number of halogens is 3. The highest BCUT2D eigenvalue weighted by atomic mass is 19.4. The van der Waals surface area contributed by atoms with Crippen molar-refractivity contribution in [1.82, 2.24) is 0 Å². The van der Waals surface area contributed by atoms with Crippen molar-refractivity contribution in [2.24, 2.45) is 16.5 Å². The Morgan fingerprint density at radius 2 is 1.68 bits per heavy atom. The Kier molecular flexibility index (Phi) is 10.4. The number of carbonyl (C=O) groups is 2. The van der Waals surface area contributed by atoms with Gasteiger partial charge in [0.2, 0.25) is 5.91 Å². The first-order valence-corrected chi connectivity index (χ1v) is 5.48. The van der Waals surface area contributed by atoms with Crippen LogP contribution in [0.1, 0.15) is 32.6 Å². The minimum absolute atomic E-state index is 0.293. The fourth-order valence-electron chi connectivity index (χ4n) is 0.711. The van der Waals surface area contributed by atoms with Crippen molar-refractivity contribution >= 4 is 17.7 Å². The van der Waals surface area contributed by atoms with Crippen LogP contribution < -0.4 is 11.5 Å². The maximum Gasteiger partial charge on any atom is 0.490 e. The molecular formula is C10H18F3N3O3. The predicted octanol–water partition coefficient (Wildman–Crippen LogP) is 1.04. The lowest BCUT2D eigenvalue weighted by Gasteiger charge is -1.97. The Bertz CT molecular complexity index is 317. The van der Waals surface area contributed by atoms with Gasteiger partial charge in [0.1, 0.15) is 0 Å². The number of aliphatic imine (C=N–C) groups is 1. The maximum absolute atomic E-state index is 10.6. The molecule has 0 aromatic heterocycles. The summed E-state index contributed by atoms with van der Waals surface area (Å²) in [5.41, 5.74) is 10.5. The smallest absolute Gasteiger partial charge is 0.475 e. The molecule has 0 atom stereocenters. The van der Waals surface area contributed by atoms with Crippen LogP contribution in [0.15, 0.2) is 4.99 Å². The Balaban J connectivity index is 0. The third-order valence-corrected chi connectivity index (χ3v) is 1.70. The van der Waals surface area contributed by atoms with E-state index < -0.39 is 12.1 Å². The Morgan fingerprint density at radius 3 is 2.00 bits per heavy atom.